The Morgan fingerprint density at radius 1 is 1.19 bits per heavy atom. The van der Waals surface area contributed by atoms with Crippen LogP contribution in [0.1, 0.15) is 60.7 Å². The number of nitrogens with two attached hydrogens (primary N) is 1. The molecule has 0 aliphatic heterocycles. The third-order valence-electron chi connectivity index (χ3n) is 5.71. The number of nitrogen functional groups attached to an aromatic ring is 1. The van der Waals surface area contributed by atoms with Gasteiger partial charge in [0.2, 0.25) is 0 Å². The summed E-state index contributed by atoms with van der Waals surface area (Å²) in [5.74, 6) is -1.62. The number of rotatable bonds is 9. The molecule has 3 rings (SSSR count). The number of aldehydes is 1. The van der Waals surface area contributed by atoms with Crippen molar-refractivity contribution in [3.63, 3.8) is 0 Å². The van der Waals surface area contributed by atoms with Crippen LogP contribution in [0.15, 0.2) is 41.7 Å². The number of hydrogen-bond donors (Lipinski definition) is 3. The molecule has 0 aliphatic carbocycles. The Morgan fingerprint density at radius 2 is 1.81 bits per heavy atom. The number of hydrogen-bond acceptors (Lipinski definition) is 8. The molecule has 0 fully saturated rings. The zero-order valence-corrected chi connectivity index (χ0v) is 23.1. The minimum Gasteiger partial charge on any atom is -0.397 e. The Balaban J connectivity index is 0.000000428. The second-order valence-corrected chi connectivity index (χ2v) is 9.72. The monoisotopic (exact) mass is 600 g/mol. The normalized spacial score (nSPS) is 12.8. The molecule has 2 heterocycles. The van der Waals surface area contributed by atoms with E-state index in [0.717, 1.165) is 24.5 Å². The largest absolute Gasteiger partial charge is 0.423 e. The van der Waals surface area contributed by atoms with E-state index in [4.69, 9.17) is 5.73 Å². The number of nitrogens with one attached hydrogen (secondary N) is 1. The number of carbonyl (C=O) groups is 1. The highest BCUT2D eigenvalue weighted by molar-refractivity contribution is 5.86. The maximum Gasteiger partial charge on any atom is 0.423 e. The van der Waals surface area contributed by atoms with Crippen LogP contribution < -0.4 is 11.3 Å². The summed E-state index contributed by atoms with van der Waals surface area (Å²) in [7, 11) is 1.52. The number of aromatic nitrogens is 4. The minimum absolute atomic E-state index is 0.00669. The molecule has 0 amide bonds. The summed E-state index contributed by atoms with van der Waals surface area (Å²) in [6.45, 7) is 4.97. The van der Waals surface area contributed by atoms with Gasteiger partial charge in [-0.25, -0.2) is 28.2 Å². The first-order valence-electron chi connectivity index (χ1n) is 12.5. The molecule has 3 aromatic rings. The van der Waals surface area contributed by atoms with Gasteiger partial charge in [0.1, 0.15) is 23.4 Å². The van der Waals surface area contributed by atoms with Crippen molar-refractivity contribution >= 4 is 17.8 Å². The molecule has 0 aliphatic rings. The summed E-state index contributed by atoms with van der Waals surface area (Å²) < 4.78 is 79.1. The molecule has 0 spiro atoms. The number of halogens is 6. The van der Waals surface area contributed by atoms with Crippen molar-refractivity contribution < 1.29 is 36.2 Å². The highest BCUT2D eigenvalue weighted by Gasteiger charge is 2.36. The lowest BCUT2D eigenvalue weighted by Crippen LogP contribution is -2.24. The van der Waals surface area contributed by atoms with Gasteiger partial charge in [-0.2, -0.15) is 18.3 Å². The molecular formula is C27H30F6N6O3. The quantitative estimate of drug-likeness (QED) is 0.230. The lowest BCUT2D eigenvalue weighted by molar-refractivity contribution is -0.138. The smallest absolute Gasteiger partial charge is 0.397 e. The zero-order valence-electron chi connectivity index (χ0n) is 23.1. The molecule has 9 nitrogen and oxygen atoms in total. The van der Waals surface area contributed by atoms with E-state index in [0.29, 0.717) is 24.7 Å². The molecule has 2 aromatic heterocycles. The van der Waals surface area contributed by atoms with E-state index < -0.39 is 46.4 Å². The van der Waals surface area contributed by atoms with Crippen molar-refractivity contribution in [3.05, 3.63) is 75.3 Å². The van der Waals surface area contributed by atoms with Gasteiger partial charge in [0.05, 0.1) is 23.0 Å². The van der Waals surface area contributed by atoms with Gasteiger partial charge in [-0.1, -0.05) is 13.3 Å². The second kappa shape index (κ2) is 14.1. The Kier molecular flexibility index (Phi) is 11.4. The fourth-order valence-corrected chi connectivity index (χ4v) is 3.58. The van der Waals surface area contributed by atoms with Gasteiger partial charge in [0, 0.05) is 48.9 Å². The van der Waals surface area contributed by atoms with E-state index in [1.54, 1.807) is 18.9 Å². The van der Waals surface area contributed by atoms with Crippen molar-refractivity contribution in [1.29, 1.82) is 0 Å². The molecule has 0 bridgehead atoms. The van der Waals surface area contributed by atoms with Crippen LogP contribution in [0.4, 0.5) is 32.0 Å². The predicted molar refractivity (Wildman–Crippen MR) is 144 cm³/mol. The highest BCUT2D eigenvalue weighted by Crippen LogP contribution is 2.30. The summed E-state index contributed by atoms with van der Waals surface area (Å²) in [6.07, 6.45) is 0.0513. The number of anilines is 1. The van der Waals surface area contributed by atoms with E-state index in [9.17, 15) is 41.0 Å². The second-order valence-electron chi connectivity index (χ2n) is 9.72. The minimum atomic E-state index is -4.74. The molecule has 1 aromatic carbocycles. The average molecular weight is 601 g/mol. The van der Waals surface area contributed by atoms with Gasteiger partial charge in [0.25, 0.3) is 5.56 Å². The number of benzene rings is 1. The summed E-state index contributed by atoms with van der Waals surface area (Å²) in [5, 5.41) is 14.7. The number of alkyl halides is 4. The summed E-state index contributed by atoms with van der Waals surface area (Å²) >= 11 is 0. The maximum atomic E-state index is 14.9. The van der Waals surface area contributed by atoms with Crippen LogP contribution in [0.3, 0.4) is 0 Å². The fraction of sp³-hybridized carbons (Fsp3) is 0.370. The summed E-state index contributed by atoms with van der Waals surface area (Å²) in [6, 6.07) is 2.06. The molecule has 0 radical (unpaired) electrons. The van der Waals surface area contributed by atoms with E-state index in [1.807, 2.05) is 6.92 Å². The van der Waals surface area contributed by atoms with Gasteiger partial charge in [-0.15, -0.1) is 0 Å². The molecular weight excluding hydrogens is 570 g/mol. The predicted octanol–water partition coefficient (Wildman–Crippen LogP) is 5.03. The van der Waals surface area contributed by atoms with Gasteiger partial charge < -0.3 is 15.7 Å². The zero-order chi connectivity index (χ0) is 31.8. The molecule has 0 saturated heterocycles. The Labute approximate surface area is 237 Å². The van der Waals surface area contributed by atoms with Crippen molar-refractivity contribution in [2.24, 2.45) is 0 Å². The van der Waals surface area contributed by atoms with E-state index in [2.05, 4.69) is 15.1 Å². The van der Waals surface area contributed by atoms with Crippen molar-refractivity contribution in [2.75, 3.05) is 19.3 Å². The number of nitrogens with zero attached hydrogens (tertiary/aromatic N) is 4. The standard InChI is InChI=1S/C22H26F3N3O2.C5H4F3N3O/c1-5-6-16(23)11-28(4)12-20(25)17-8-18(19(24)7-14(17)13-29)21-26-9-15(10-27-21)22(2,3)30;6-5(7,8)3-2(9)1-10-11-4(3)12/h7-10,12-13,16,30H,5-6,11H2,1-4H3;1H,(H3,9,11,12)/b20-12+;. The number of aromatic amines is 1. The molecule has 1 unspecified atom stereocenters. The van der Waals surface area contributed by atoms with Crippen LogP contribution >= 0.6 is 0 Å². The molecule has 15 heteroatoms. The van der Waals surface area contributed by atoms with E-state index in [1.165, 1.54) is 24.3 Å². The third-order valence-corrected chi connectivity index (χ3v) is 5.71. The molecule has 42 heavy (non-hydrogen) atoms. The Bertz CT molecular complexity index is 1450. The number of aliphatic hydroxyl groups is 1. The van der Waals surface area contributed by atoms with Crippen molar-refractivity contribution in [3.8, 4) is 11.4 Å². The lowest BCUT2D eigenvalue weighted by atomic mass is 10.0. The van der Waals surface area contributed by atoms with Crippen molar-refractivity contribution in [1.82, 2.24) is 25.1 Å². The maximum absolute atomic E-state index is 14.9. The molecule has 0 saturated carbocycles. The highest BCUT2D eigenvalue weighted by atomic mass is 19.4. The lowest BCUT2D eigenvalue weighted by Gasteiger charge is -2.18. The summed E-state index contributed by atoms with van der Waals surface area (Å²) in [5.41, 5.74) is 0.324. The topological polar surface area (TPSA) is 138 Å². The average Bonchev–Trinajstić information content (AvgIpc) is 2.87. The molecule has 1 atom stereocenters. The Morgan fingerprint density at radius 3 is 2.29 bits per heavy atom. The van der Waals surface area contributed by atoms with Crippen LogP contribution in [-0.4, -0.2) is 56.2 Å². The van der Waals surface area contributed by atoms with E-state index in [-0.39, 0.29) is 29.1 Å². The van der Waals surface area contributed by atoms with Gasteiger partial charge >= 0.3 is 6.18 Å². The number of carbonyl (C=O) groups excluding carboxylic acids is 1. The van der Waals surface area contributed by atoms with Crippen LogP contribution in [-0.2, 0) is 11.8 Å². The SMILES string of the molecule is CCCC(F)CN(C)/C=C(/F)c1cc(-c2ncc(C(C)(C)O)cn2)c(F)cc1C=O.Nc1cn[nH]c(=O)c1C(F)(F)F. The molecule has 4 N–H and O–H groups in total. The first-order chi connectivity index (χ1) is 19.5. The van der Waals surface area contributed by atoms with Crippen LogP contribution in [0.25, 0.3) is 17.2 Å². The first kappa shape index (κ1) is 33.9. The first-order valence-corrected chi connectivity index (χ1v) is 12.5. The van der Waals surface area contributed by atoms with Gasteiger partial charge in [-0.3, -0.25) is 9.59 Å². The number of H-pyrrole nitrogens is 1. The third kappa shape index (κ3) is 9.12. The van der Waals surface area contributed by atoms with Gasteiger partial charge in [0.15, 0.2) is 12.1 Å². The fourth-order valence-electron chi connectivity index (χ4n) is 3.58. The van der Waals surface area contributed by atoms with Crippen molar-refractivity contribution in [2.45, 2.75) is 51.6 Å². The molecule has 228 valence electrons. The van der Waals surface area contributed by atoms with Crippen LogP contribution in [0.5, 0.6) is 0 Å². The summed E-state index contributed by atoms with van der Waals surface area (Å²) in [4.78, 5) is 31.4. The van der Waals surface area contributed by atoms with E-state index >= 15 is 0 Å². The van der Waals surface area contributed by atoms with Crippen LogP contribution in [0, 0.1) is 5.82 Å². The van der Waals surface area contributed by atoms with Gasteiger partial charge in [-0.05, 0) is 32.4 Å². The Hall–Kier alpha value is -4.27. The van der Waals surface area contributed by atoms with Crippen LogP contribution in [0.2, 0.25) is 0 Å².